The maximum absolute atomic E-state index is 5.53. The Morgan fingerprint density at radius 2 is 2.06 bits per heavy atom. The van der Waals surface area contributed by atoms with Crippen LogP contribution in [0.15, 0.2) is 36.7 Å². The monoisotopic (exact) mass is 296 g/mol. The highest BCUT2D eigenvalue weighted by Gasteiger charge is 2.03. The van der Waals surface area contributed by atoms with Gasteiger partial charge in [-0.05, 0) is 30.5 Å². The van der Waals surface area contributed by atoms with Crippen LogP contribution in [0.3, 0.4) is 0 Å². The Bertz CT molecular complexity index is 443. The molecule has 0 fully saturated rings. The highest BCUT2D eigenvalue weighted by Crippen LogP contribution is 2.19. The van der Waals surface area contributed by atoms with Crippen LogP contribution in [-0.4, -0.2) is 13.2 Å². The maximum atomic E-state index is 5.53. The topological polar surface area (TPSA) is 39.1 Å². The lowest BCUT2D eigenvalue weighted by Crippen LogP contribution is -3.00. The van der Waals surface area contributed by atoms with Gasteiger partial charge in [0.2, 0.25) is 0 Å². The minimum absolute atomic E-state index is 0. The fourth-order valence-electron chi connectivity index (χ4n) is 1.76. The molecule has 0 saturated heterocycles. The first-order chi connectivity index (χ1) is 7.83. The second-order valence-corrected chi connectivity index (χ2v) is 3.70. The predicted octanol–water partition coefficient (Wildman–Crippen LogP) is -1.51. The van der Waals surface area contributed by atoms with E-state index in [0.717, 1.165) is 12.3 Å². The molecule has 0 atom stereocenters. The quantitative estimate of drug-likeness (QED) is 0.697. The number of fused-ring (bicyclic) bond motifs is 1. The van der Waals surface area contributed by atoms with E-state index in [1.165, 1.54) is 10.8 Å². The summed E-state index contributed by atoms with van der Waals surface area (Å²) in [6.07, 6.45) is 4.16. The summed E-state index contributed by atoms with van der Waals surface area (Å²) in [4.78, 5) is 0. The summed E-state index contributed by atoms with van der Waals surface area (Å²) in [7, 11) is 0. The van der Waals surface area contributed by atoms with Crippen molar-refractivity contribution >= 4 is 10.8 Å². The third kappa shape index (κ3) is 3.41. The molecule has 1 aromatic heterocycles. The summed E-state index contributed by atoms with van der Waals surface area (Å²) in [5.41, 5.74) is 5.53. The number of aromatic nitrogens is 1. The van der Waals surface area contributed by atoms with E-state index in [-0.39, 0.29) is 17.0 Å². The van der Waals surface area contributed by atoms with Gasteiger partial charge in [0, 0.05) is 11.5 Å². The number of nitrogens with zero attached hydrogens (tertiary/aromatic N) is 1. The molecule has 4 heteroatoms. The minimum Gasteiger partial charge on any atom is -1.00 e. The zero-order valence-corrected chi connectivity index (χ0v) is 11.5. The fourth-order valence-corrected chi connectivity index (χ4v) is 1.76. The highest BCUT2D eigenvalue weighted by atomic mass is 79.9. The molecular weight excluding hydrogens is 280 g/mol. The molecule has 0 saturated carbocycles. The molecule has 0 aliphatic rings. The van der Waals surface area contributed by atoms with Crippen LogP contribution >= 0.6 is 0 Å². The van der Waals surface area contributed by atoms with Gasteiger partial charge in [-0.3, -0.25) is 0 Å². The number of nitrogens with two attached hydrogens (primary N) is 1. The number of benzene rings is 1. The number of pyridine rings is 1. The number of ether oxygens (including phenoxy) is 1. The van der Waals surface area contributed by atoms with Crippen molar-refractivity contribution in [3.63, 3.8) is 0 Å². The van der Waals surface area contributed by atoms with Crippen molar-refractivity contribution in [1.29, 1.82) is 0 Å². The number of rotatable bonds is 4. The second kappa shape index (κ2) is 6.57. The first-order valence-electron chi connectivity index (χ1n) is 5.59. The van der Waals surface area contributed by atoms with Crippen LogP contribution in [0, 0.1) is 0 Å². The van der Waals surface area contributed by atoms with Crippen molar-refractivity contribution in [2.75, 3.05) is 13.2 Å². The lowest BCUT2D eigenvalue weighted by Gasteiger charge is -2.04. The molecule has 0 bridgehead atoms. The molecule has 0 spiro atoms. The van der Waals surface area contributed by atoms with Crippen LogP contribution in [-0.2, 0) is 6.54 Å². The van der Waals surface area contributed by atoms with Gasteiger partial charge in [-0.25, -0.2) is 4.57 Å². The summed E-state index contributed by atoms with van der Waals surface area (Å²) in [6, 6.07) is 8.23. The maximum Gasteiger partial charge on any atom is 0.176 e. The molecule has 0 aliphatic heterocycles. The highest BCUT2D eigenvalue weighted by molar-refractivity contribution is 5.82. The fraction of sp³-hybridized carbons (Fsp3) is 0.308. The van der Waals surface area contributed by atoms with Crippen molar-refractivity contribution in [2.24, 2.45) is 5.73 Å². The normalized spacial score (nSPS) is 10.0. The molecule has 0 radical (unpaired) electrons. The van der Waals surface area contributed by atoms with Crippen LogP contribution in [0.5, 0.6) is 5.75 Å². The SMILES string of the molecule is CCOc1ccc2c[n+](CCN)ccc2c1.[Br-]. The Balaban J connectivity index is 0.00000144. The lowest BCUT2D eigenvalue weighted by atomic mass is 10.2. The smallest absolute Gasteiger partial charge is 0.176 e. The zero-order chi connectivity index (χ0) is 11.4. The van der Waals surface area contributed by atoms with Gasteiger partial charge in [0.15, 0.2) is 18.9 Å². The van der Waals surface area contributed by atoms with E-state index in [1.807, 2.05) is 19.2 Å². The third-order valence-electron chi connectivity index (χ3n) is 2.51. The Kier molecular flexibility index (Phi) is 5.38. The molecule has 0 unspecified atom stereocenters. The van der Waals surface area contributed by atoms with E-state index in [0.29, 0.717) is 13.2 Å². The first-order valence-corrected chi connectivity index (χ1v) is 5.59. The lowest BCUT2D eigenvalue weighted by molar-refractivity contribution is -0.693. The zero-order valence-electron chi connectivity index (χ0n) is 9.90. The van der Waals surface area contributed by atoms with Crippen molar-refractivity contribution in [1.82, 2.24) is 0 Å². The van der Waals surface area contributed by atoms with Crippen LogP contribution in [0.25, 0.3) is 10.8 Å². The molecule has 92 valence electrons. The number of hydrogen-bond donors (Lipinski definition) is 1. The van der Waals surface area contributed by atoms with E-state index < -0.39 is 0 Å². The average molecular weight is 297 g/mol. The third-order valence-corrected chi connectivity index (χ3v) is 2.51. The van der Waals surface area contributed by atoms with Crippen molar-refractivity contribution in [3.8, 4) is 5.75 Å². The average Bonchev–Trinajstić information content (AvgIpc) is 2.30. The van der Waals surface area contributed by atoms with Gasteiger partial charge in [0.1, 0.15) is 5.75 Å². The van der Waals surface area contributed by atoms with Crippen molar-refractivity contribution in [3.05, 3.63) is 36.7 Å². The molecule has 1 aromatic carbocycles. The Hall–Kier alpha value is -1.13. The van der Waals surface area contributed by atoms with Gasteiger partial charge in [0.25, 0.3) is 0 Å². The van der Waals surface area contributed by atoms with Gasteiger partial charge in [-0.15, -0.1) is 0 Å². The molecule has 0 aliphatic carbocycles. The Morgan fingerprint density at radius 1 is 1.24 bits per heavy atom. The van der Waals surface area contributed by atoms with Gasteiger partial charge < -0.3 is 27.5 Å². The van der Waals surface area contributed by atoms with Crippen LogP contribution in [0.4, 0.5) is 0 Å². The van der Waals surface area contributed by atoms with E-state index in [2.05, 4.69) is 29.0 Å². The molecule has 1 heterocycles. The Labute approximate surface area is 112 Å². The molecule has 17 heavy (non-hydrogen) atoms. The largest absolute Gasteiger partial charge is 1.00 e. The number of hydrogen-bond acceptors (Lipinski definition) is 2. The van der Waals surface area contributed by atoms with Crippen LogP contribution in [0.2, 0.25) is 0 Å². The van der Waals surface area contributed by atoms with Crippen molar-refractivity contribution in [2.45, 2.75) is 13.5 Å². The summed E-state index contributed by atoms with van der Waals surface area (Å²) in [5.74, 6) is 0.923. The van der Waals surface area contributed by atoms with E-state index >= 15 is 0 Å². The summed E-state index contributed by atoms with van der Waals surface area (Å²) in [6.45, 7) is 4.20. The summed E-state index contributed by atoms with van der Waals surface area (Å²) < 4.78 is 7.56. The Morgan fingerprint density at radius 3 is 2.76 bits per heavy atom. The minimum atomic E-state index is 0. The van der Waals surface area contributed by atoms with Crippen molar-refractivity contribution < 1.29 is 26.3 Å². The van der Waals surface area contributed by atoms with Gasteiger partial charge in [-0.2, -0.15) is 0 Å². The van der Waals surface area contributed by atoms with Crippen LogP contribution in [0.1, 0.15) is 6.92 Å². The van der Waals surface area contributed by atoms with E-state index in [1.54, 1.807) is 0 Å². The molecule has 2 N–H and O–H groups in total. The second-order valence-electron chi connectivity index (χ2n) is 3.70. The van der Waals surface area contributed by atoms with E-state index in [9.17, 15) is 0 Å². The number of halogens is 1. The molecule has 2 rings (SSSR count). The predicted molar refractivity (Wildman–Crippen MR) is 64.4 cm³/mol. The summed E-state index contributed by atoms with van der Waals surface area (Å²) in [5, 5.41) is 2.40. The van der Waals surface area contributed by atoms with Gasteiger partial charge >= 0.3 is 0 Å². The molecule has 3 nitrogen and oxygen atoms in total. The first kappa shape index (κ1) is 13.9. The summed E-state index contributed by atoms with van der Waals surface area (Å²) >= 11 is 0. The van der Waals surface area contributed by atoms with Crippen LogP contribution < -0.4 is 32.0 Å². The standard InChI is InChI=1S/C13H17N2O.BrH/c1-2-16-13-4-3-12-10-15(8-6-14)7-5-11(12)9-13;/h3-5,7,9-10H,2,6,8,14H2,1H3;1H/q+1;/p-1. The molecule has 0 amide bonds. The van der Waals surface area contributed by atoms with E-state index in [4.69, 9.17) is 10.5 Å². The van der Waals surface area contributed by atoms with Gasteiger partial charge in [0.05, 0.1) is 13.2 Å². The molecular formula is C13H17BrN2O. The van der Waals surface area contributed by atoms with Gasteiger partial charge in [-0.1, -0.05) is 0 Å². The molecule has 2 aromatic rings.